The van der Waals surface area contributed by atoms with Crippen LogP contribution < -0.4 is 0 Å². The van der Waals surface area contributed by atoms with Crippen LogP contribution in [0.5, 0.6) is 0 Å². The Hall–Kier alpha value is -0.370. The lowest BCUT2D eigenvalue weighted by molar-refractivity contribution is -0.120. The SMILES string of the molecule is CCCC1OCC(=O)C1CC. The molecule has 0 aromatic rings. The lowest BCUT2D eigenvalue weighted by atomic mass is 9.95. The number of ketones is 1. The van der Waals surface area contributed by atoms with E-state index in [0.29, 0.717) is 12.4 Å². The van der Waals surface area contributed by atoms with Gasteiger partial charge in [-0.25, -0.2) is 0 Å². The summed E-state index contributed by atoms with van der Waals surface area (Å²) < 4.78 is 5.36. The van der Waals surface area contributed by atoms with Crippen LogP contribution in [0.25, 0.3) is 0 Å². The van der Waals surface area contributed by atoms with Gasteiger partial charge in [0.25, 0.3) is 0 Å². The van der Waals surface area contributed by atoms with Crippen molar-refractivity contribution in [3.63, 3.8) is 0 Å². The Kier molecular flexibility index (Phi) is 3.06. The number of hydrogen-bond acceptors (Lipinski definition) is 2. The van der Waals surface area contributed by atoms with Crippen molar-refractivity contribution in [2.45, 2.75) is 39.2 Å². The summed E-state index contributed by atoms with van der Waals surface area (Å²) in [6.45, 7) is 4.53. The van der Waals surface area contributed by atoms with Crippen LogP contribution in [0.3, 0.4) is 0 Å². The third-order valence-electron chi connectivity index (χ3n) is 2.32. The molecule has 64 valence electrons. The first kappa shape index (κ1) is 8.72. The highest BCUT2D eigenvalue weighted by Gasteiger charge is 2.33. The predicted molar refractivity (Wildman–Crippen MR) is 43.4 cm³/mol. The van der Waals surface area contributed by atoms with E-state index in [4.69, 9.17) is 4.74 Å². The van der Waals surface area contributed by atoms with E-state index in [1.165, 1.54) is 0 Å². The zero-order valence-electron chi connectivity index (χ0n) is 7.30. The predicted octanol–water partition coefficient (Wildman–Crippen LogP) is 1.78. The summed E-state index contributed by atoms with van der Waals surface area (Å²) in [4.78, 5) is 11.2. The molecule has 1 saturated heterocycles. The van der Waals surface area contributed by atoms with Gasteiger partial charge in [0.15, 0.2) is 5.78 Å². The zero-order chi connectivity index (χ0) is 8.27. The molecule has 0 aliphatic carbocycles. The number of carbonyl (C=O) groups is 1. The normalized spacial score (nSPS) is 31.3. The average molecular weight is 156 g/mol. The van der Waals surface area contributed by atoms with Gasteiger partial charge in [-0.05, 0) is 12.8 Å². The highest BCUT2D eigenvalue weighted by atomic mass is 16.5. The highest BCUT2D eigenvalue weighted by Crippen LogP contribution is 2.24. The molecule has 2 atom stereocenters. The van der Waals surface area contributed by atoms with Crippen molar-refractivity contribution in [2.75, 3.05) is 6.61 Å². The van der Waals surface area contributed by atoms with Gasteiger partial charge in [-0.3, -0.25) is 4.79 Å². The molecule has 0 saturated carbocycles. The van der Waals surface area contributed by atoms with Gasteiger partial charge in [-0.15, -0.1) is 0 Å². The molecule has 1 heterocycles. The van der Waals surface area contributed by atoms with Crippen LogP contribution in [0.15, 0.2) is 0 Å². The molecule has 0 aromatic heterocycles. The second kappa shape index (κ2) is 3.86. The maximum atomic E-state index is 11.2. The van der Waals surface area contributed by atoms with E-state index in [1.807, 2.05) is 0 Å². The van der Waals surface area contributed by atoms with E-state index >= 15 is 0 Å². The number of Topliss-reactive ketones (excluding diaryl/α,β-unsaturated/α-hetero) is 1. The van der Waals surface area contributed by atoms with E-state index < -0.39 is 0 Å². The Morgan fingerprint density at radius 2 is 2.27 bits per heavy atom. The number of hydrogen-bond donors (Lipinski definition) is 0. The van der Waals surface area contributed by atoms with Gasteiger partial charge in [0.05, 0.1) is 6.10 Å². The van der Waals surface area contributed by atoms with Crippen LogP contribution in [0.2, 0.25) is 0 Å². The minimum Gasteiger partial charge on any atom is -0.370 e. The van der Waals surface area contributed by atoms with Crippen molar-refractivity contribution < 1.29 is 9.53 Å². The summed E-state index contributed by atoms with van der Waals surface area (Å²) in [7, 11) is 0. The molecule has 11 heavy (non-hydrogen) atoms. The first-order valence-electron chi connectivity index (χ1n) is 4.43. The molecule has 0 radical (unpaired) electrons. The standard InChI is InChI=1S/C9H16O2/c1-3-5-9-7(4-2)8(10)6-11-9/h7,9H,3-6H2,1-2H3. The fourth-order valence-electron chi connectivity index (χ4n) is 1.68. The van der Waals surface area contributed by atoms with Gasteiger partial charge in [0.2, 0.25) is 0 Å². The van der Waals surface area contributed by atoms with E-state index in [0.717, 1.165) is 19.3 Å². The Morgan fingerprint density at radius 3 is 2.82 bits per heavy atom. The monoisotopic (exact) mass is 156 g/mol. The first-order chi connectivity index (χ1) is 5.29. The van der Waals surface area contributed by atoms with E-state index in [9.17, 15) is 4.79 Å². The summed E-state index contributed by atoms with van der Waals surface area (Å²) in [5.74, 6) is 0.487. The molecule has 2 nitrogen and oxygen atoms in total. The van der Waals surface area contributed by atoms with E-state index in [1.54, 1.807) is 0 Å². The Bertz CT molecular complexity index is 142. The van der Waals surface area contributed by atoms with Gasteiger partial charge in [0, 0.05) is 5.92 Å². The van der Waals surface area contributed by atoms with Crippen LogP contribution in [0.4, 0.5) is 0 Å². The topological polar surface area (TPSA) is 26.3 Å². The van der Waals surface area contributed by atoms with Crippen molar-refractivity contribution in [1.82, 2.24) is 0 Å². The molecular formula is C9H16O2. The summed E-state index contributed by atoms with van der Waals surface area (Å²) in [6.07, 6.45) is 3.29. The molecule has 2 unspecified atom stereocenters. The fraction of sp³-hybridized carbons (Fsp3) is 0.889. The third-order valence-corrected chi connectivity index (χ3v) is 2.32. The summed E-state index contributed by atoms with van der Waals surface area (Å²) in [5, 5.41) is 0. The minimum absolute atomic E-state index is 0.190. The molecule has 1 aliphatic rings. The fourth-order valence-corrected chi connectivity index (χ4v) is 1.68. The first-order valence-corrected chi connectivity index (χ1v) is 4.43. The quantitative estimate of drug-likeness (QED) is 0.622. The van der Waals surface area contributed by atoms with Crippen molar-refractivity contribution in [1.29, 1.82) is 0 Å². The Balaban J connectivity index is 2.47. The van der Waals surface area contributed by atoms with Crippen LogP contribution in [0.1, 0.15) is 33.1 Å². The molecule has 1 aliphatic heterocycles. The average Bonchev–Trinajstić information content (AvgIpc) is 2.33. The minimum atomic E-state index is 0.190. The van der Waals surface area contributed by atoms with Crippen LogP contribution in [-0.2, 0) is 9.53 Å². The molecule has 2 heteroatoms. The van der Waals surface area contributed by atoms with Crippen molar-refractivity contribution in [3.8, 4) is 0 Å². The maximum Gasteiger partial charge on any atom is 0.164 e. The van der Waals surface area contributed by atoms with Crippen molar-refractivity contribution in [2.24, 2.45) is 5.92 Å². The van der Waals surface area contributed by atoms with Gasteiger partial charge >= 0.3 is 0 Å². The van der Waals surface area contributed by atoms with Crippen molar-refractivity contribution in [3.05, 3.63) is 0 Å². The van der Waals surface area contributed by atoms with Gasteiger partial charge < -0.3 is 4.74 Å². The number of ether oxygens (including phenoxy) is 1. The molecular weight excluding hydrogens is 140 g/mol. The molecule has 0 aromatic carbocycles. The smallest absolute Gasteiger partial charge is 0.164 e. The van der Waals surface area contributed by atoms with Crippen LogP contribution in [0, 0.1) is 5.92 Å². The Labute approximate surface area is 67.9 Å². The maximum absolute atomic E-state index is 11.2. The summed E-state index contributed by atoms with van der Waals surface area (Å²) in [6, 6.07) is 0. The lowest BCUT2D eigenvalue weighted by Crippen LogP contribution is -2.19. The molecule has 0 bridgehead atoms. The number of rotatable bonds is 3. The van der Waals surface area contributed by atoms with Gasteiger partial charge in [-0.1, -0.05) is 20.3 Å². The highest BCUT2D eigenvalue weighted by molar-refractivity contribution is 5.84. The largest absolute Gasteiger partial charge is 0.370 e. The van der Waals surface area contributed by atoms with E-state index in [-0.39, 0.29) is 12.0 Å². The third kappa shape index (κ3) is 1.80. The summed E-state index contributed by atoms with van der Waals surface area (Å²) in [5.41, 5.74) is 0. The van der Waals surface area contributed by atoms with Gasteiger partial charge in [-0.2, -0.15) is 0 Å². The lowest BCUT2D eigenvalue weighted by Gasteiger charge is -2.13. The summed E-state index contributed by atoms with van der Waals surface area (Å²) >= 11 is 0. The zero-order valence-corrected chi connectivity index (χ0v) is 7.30. The van der Waals surface area contributed by atoms with Crippen LogP contribution >= 0.6 is 0 Å². The molecule has 1 rings (SSSR count). The second-order valence-corrected chi connectivity index (χ2v) is 3.12. The Morgan fingerprint density at radius 1 is 1.55 bits per heavy atom. The van der Waals surface area contributed by atoms with E-state index in [2.05, 4.69) is 13.8 Å². The van der Waals surface area contributed by atoms with Crippen molar-refractivity contribution >= 4 is 5.78 Å². The second-order valence-electron chi connectivity index (χ2n) is 3.12. The van der Waals surface area contributed by atoms with Crippen LogP contribution in [-0.4, -0.2) is 18.5 Å². The molecule has 1 fully saturated rings. The van der Waals surface area contributed by atoms with Gasteiger partial charge in [0.1, 0.15) is 6.61 Å². The molecule has 0 spiro atoms. The number of carbonyl (C=O) groups excluding carboxylic acids is 1. The molecule has 0 amide bonds. The molecule has 0 N–H and O–H groups in total.